The van der Waals surface area contributed by atoms with Crippen molar-refractivity contribution in [3.8, 4) is 10.6 Å². The first-order chi connectivity index (χ1) is 14.1. The third-order valence-electron chi connectivity index (χ3n) is 4.37. The number of hydrogen-bond acceptors (Lipinski definition) is 5. The van der Waals surface area contributed by atoms with Crippen LogP contribution in [0.2, 0.25) is 0 Å². The monoisotopic (exact) mass is 498 g/mol. The predicted molar refractivity (Wildman–Crippen MR) is 108 cm³/mol. The predicted octanol–water partition coefficient (Wildman–Crippen LogP) is 4.21. The summed E-state index contributed by atoms with van der Waals surface area (Å²) in [7, 11) is 1.76. The van der Waals surface area contributed by atoms with Gasteiger partial charge in [0.25, 0.3) is 5.91 Å². The topological polar surface area (TPSA) is 77.1 Å². The van der Waals surface area contributed by atoms with Gasteiger partial charge in [0, 0.05) is 25.4 Å². The van der Waals surface area contributed by atoms with E-state index in [0.29, 0.717) is 9.39 Å². The molecule has 156 valence electrons. The first kappa shape index (κ1) is 20.5. The quantitative estimate of drug-likeness (QED) is 0.457. The lowest BCUT2D eigenvalue weighted by molar-refractivity contribution is -0.142. The second-order valence-corrected chi connectivity index (χ2v) is 8.24. The van der Waals surface area contributed by atoms with Crippen LogP contribution in [0.3, 0.4) is 0 Å². The number of aryl methyl sites for hydroxylation is 2. The molecule has 0 fully saturated rings. The zero-order chi connectivity index (χ0) is 21.6. The molecular formula is C18H14BrF3N6OS. The van der Waals surface area contributed by atoms with E-state index < -0.39 is 17.8 Å². The van der Waals surface area contributed by atoms with Gasteiger partial charge in [-0.3, -0.25) is 9.48 Å². The van der Waals surface area contributed by atoms with E-state index in [-0.39, 0.29) is 28.1 Å². The van der Waals surface area contributed by atoms with Crippen LogP contribution in [-0.4, -0.2) is 30.3 Å². The third kappa shape index (κ3) is 3.72. The van der Waals surface area contributed by atoms with Gasteiger partial charge in [0.1, 0.15) is 0 Å². The van der Waals surface area contributed by atoms with Crippen LogP contribution in [0.5, 0.6) is 0 Å². The van der Waals surface area contributed by atoms with Gasteiger partial charge in [-0.15, -0.1) is 11.3 Å². The van der Waals surface area contributed by atoms with Crippen molar-refractivity contribution in [2.45, 2.75) is 19.6 Å². The molecule has 4 aromatic rings. The first-order valence-corrected chi connectivity index (χ1v) is 10.3. The minimum Gasteiger partial charge on any atom is -0.346 e. The van der Waals surface area contributed by atoms with E-state index in [1.165, 1.54) is 11.3 Å². The van der Waals surface area contributed by atoms with Gasteiger partial charge in [0.05, 0.1) is 20.7 Å². The molecule has 30 heavy (non-hydrogen) atoms. The normalized spacial score (nSPS) is 11.9. The molecule has 0 unspecified atom stereocenters. The summed E-state index contributed by atoms with van der Waals surface area (Å²) < 4.78 is 43.4. The minimum absolute atomic E-state index is 0.0871. The number of carbonyl (C=O) groups is 1. The van der Waals surface area contributed by atoms with Gasteiger partial charge in [-0.25, -0.2) is 9.50 Å². The molecule has 0 aliphatic rings. The maximum Gasteiger partial charge on any atom is 0.433 e. The average molecular weight is 499 g/mol. The summed E-state index contributed by atoms with van der Waals surface area (Å²) in [5, 5.41) is 12.5. The van der Waals surface area contributed by atoms with E-state index in [2.05, 4.69) is 36.4 Å². The van der Waals surface area contributed by atoms with Gasteiger partial charge in [-0.1, -0.05) is 6.07 Å². The maximum absolute atomic E-state index is 13.7. The van der Waals surface area contributed by atoms with E-state index in [0.717, 1.165) is 17.3 Å². The number of amides is 1. The molecule has 0 aliphatic heterocycles. The molecule has 0 saturated carbocycles. The van der Waals surface area contributed by atoms with Crippen LogP contribution in [-0.2, 0) is 19.8 Å². The summed E-state index contributed by atoms with van der Waals surface area (Å²) in [5.74, 6) is -0.624. The fraction of sp³-hybridized carbons (Fsp3) is 0.222. The highest BCUT2D eigenvalue weighted by Crippen LogP contribution is 2.35. The fourth-order valence-electron chi connectivity index (χ4n) is 2.97. The van der Waals surface area contributed by atoms with Gasteiger partial charge in [-0.2, -0.15) is 23.4 Å². The van der Waals surface area contributed by atoms with Crippen molar-refractivity contribution in [1.82, 2.24) is 29.7 Å². The Labute approximate surface area is 180 Å². The summed E-state index contributed by atoms with van der Waals surface area (Å²) in [6.45, 7) is 1.97. The number of thiophene rings is 1. The summed E-state index contributed by atoms with van der Waals surface area (Å²) >= 11 is 4.48. The number of carbonyl (C=O) groups excluding carboxylic acids is 1. The highest BCUT2D eigenvalue weighted by atomic mass is 79.9. The number of nitrogens with zero attached hydrogens (tertiary/aromatic N) is 5. The number of aromatic nitrogens is 5. The zero-order valence-electron chi connectivity index (χ0n) is 15.7. The summed E-state index contributed by atoms with van der Waals surface area (Å²) in [4.78, 5) is 17.5. The molecule has 0 bridgehead atoms. The Morgan fingerprint density at radius 2 is 2.10 bits per heavy atom. The lowest BCUT2D eigenvalue weighted by atomic mass is 10.2. The highest BCUT2D eigenvalue weighted by molar-refractivity contribution is 9.10. The van der Waals surface area contributed by atoms with Crippen molar-refractivity contribution in [2.75, 3.05) is 0 Å². The van der Waals surface area contributed by atoms with E-state index in [1.54, 1.807) is 42.4 Å². The van der Waals surface area contributed by atoms with Crippen LogP contribution in [0.4, 0.5) is 13.2 Å². The van der Waals surface area contributed by atoms with Gasteiger partial charge in [0.2, 0.25) is 0 Å². The molecule has 0 atom stereocenters. The van der Waals surface area contributed by atoms with Crippen LogP contribution in [0.15, 0.2) is 34.2 Å². The number of rotatable bonds is 4. The average Bonchev–Trinajstić information content (AvgIpc) is 3.38. The van der Waals surface area contributed by atoms with Gasteiger partial charge in [0.15, 0.2) is 17.0 Å². The maximum atomic E-state index is 13.7. The minimum atomic E-state index is -4.68. The lowest BCUT2D eigenvalue weighted by Crippen LogP contribution is -2.24. The molecule has 0 aromatic carbocycles. The zero-order valence-corrected chi connectivity index (χ0v) is 18.1. The summed E-state index contributed by atoms with van der Waals surface area (Å²) in [5.41, 5.74) is 0.407. The Balaban J connectivity index is 1.75. The second-order valence-electron chi connectivity index (χ2n) is 6.50. The van der Waals surface area contributed by atoms with Crippen LogP contribution in [0, 0.1) is 6.92 Å². The molecule has 1 N–H and O–H groups in total. The molecule has 0 saturated heterocycles. The molecule has 4 rings (SSSR count). The molecule has 4 aromatic heterocycles. The van der Waals surface area contributed by atoms with Crippen LogP contribution in [0.1, 0.15) is 27.4 Å². The Hall–Kier alpha value is -2.73. The summed E-state index contributed by atoms with van der Waals surface area (Å²) in [6.07, 6.45) is -2.93. The lowest BCUT2D eigenvalue weighted by Gasteiger charge is -2.10. The Morgan fingerprint density at radius 1 is 1.33 bits per heavy atom. The molecule has 0 aliphatic carbocycles. The van der Waals surface area contributed by atoms with E-state index in [9.17, 15) is 18.0 Å². The largest absolute Gasteiger partial charge is 0.433 e. The number of halogens is 4. The molecule has 4 heterocycles. The van der Waals surface area contributed by atoms with Crippen LogP contribution < -0.4 is 5.32 Å². The Bertz CT molecular complexity index is 1250. The summed E-state index contributed by atoms with van der Waals surface area (Å²) in [6, 6.07) is 4.33. The molecule has 1 amide bonds. The van der Waals surface area contributed by atoms with Gasteiger partial charge < -0.3 is 5.32 Å². The number of nitrogens with one attached hydrogen (secondary N) is 1. The fourth-order valence-corrected chi connectivity index (χ4v) is 4.17. The Kier molecular flexibility index (Phi) is 5.14. The van der Waals surface area contributed by atoms with E-state index in [1.807, 2.05) is 0 Å². The van der Waals surface area contributed by atoms with E-state index in [4.69, 9.17) is 0 Å². The molecular weight excluding hydrogens is 485 g/mol. The van der Waals surface area contributed by atoms with Crippen molar-refractivity contribution in [3.05, 3.63) is 56.9 Å². The van der Waals surface area contributed by atoms with Crippen molar-refractivity contribution in [3.63, 3.8) is 0 Å². The second kappa shape index (κ2) is 7.51. The number of alkyl halides is 3. The molecule has 0 spiro atoms. The van der Waals surface area contributed by atoms with Crippen LogP contribution >= 0.6 is 27.3 Å². The van der Waals surface area contributed by atoms with Crippen molar-refractivity contribution < 1.29 is 18.0 Å². The Morgan fingerprint density at radius 3 is 2.70 bits per heavy atom. The third-order valence-corrected chi connectivity index (χ3v) is 5.99. The number of fused-ring (bicyclic) bond motifs is 1. The standard InChI is InChI=1S/C18H14BrF3N6OS/c1-9-10(8-27(2)25-9)7-23-17(29)15-14(19)16-24-11(12-4-3-5-30-12)6-13(18(20,21)22)28(16)26-15/h3-6,8H,7H2,1-2H3,(H,23,29). The molecule has 12 heteroatoms. The highest BCUT2D eigenvalue weighted by Gasteiger charge is 2.36. The SMILES string of the molecule is Cc1nn(C)cc1CNC(=O)c1nn2c(C(F)(F)F)cc(-c3cccs3)nc2c1Br. The first-order valence-electron chi connectivity index (χ1n) is 8.63. The molecule has 7 nitrogen and oxygen atoms in total. The van der Waals surface area contributed by atoms with Crippen molar-refractivity contribution >= 4 is 38.8 Å². The number of hydrogen-bond donors (Lipinski definition) is 1. The van der Waals surface area contributed by atoms with Gasteiger partial charge in [-0.05, 0) is 40.4 Å². The van der Waals surface area contributed by atoms with Crippen molar-refractivity contribution in [2.24, 2.45) is 7.05 Å². The van der Waals surface area contributed by atoms with E-state index >= 15 is 0 Å². The van der Waals surface area contributed by atoms with Crippen LogP contribution in [0.25, 0.3) is 16.2 Å². The van der Waals surface area contributed by atoms with Gasteiger partial charge >= 0.3 is 6.18 Å². The van der Waals surface area contributed by atoms with Crippen molar-refractivity contribution in [1.29, 1.82) is 0 Å². The smallest absolute Gasteiger partial charge is 0.346 e. The molecule has 0 radical (unpaired) electrons.